The Kier molecular flexibility index (Phi) is 7.66. The Morgan fingerprint density at radius 2 is 1.26 bits per heavy atom. The van der Waals surface area contributed by atoms with Crippen molar-refractivity contribution in [2.24, 2.45) is 0 Å². The van der Waals surface area contributed by atoms with Gasteiger partial charge in [-0.05, 0) is 23.9 Å². The average Bonchev–Trinajstić information content (AvgIpc) is 3.31. The number of rotatable bonds is 3. The first kappa shape index (κ1) is 23.2. The Labute approximate surface area is 211 Å². The average molecular weight is 618 g/mol. The molecule has 6 heteroatoms. The Morgan fingerprint density at radius 1 is 0.588 bits per heavy atom. The quantitative estimate of drug-likeness (QED) is 0.235. The van der Waals surface area contributed by atoms with Crippen molar-refractivity contribution in [1.29, 1.82) is 0 Å². The third-order valence-electron chi connectivity index (χ3n) is 4.91. The predicted octanol–water partition coefficient (Wildman–Crippen LogP) is 5.83. The van der Waals surface area contributed by atoms with E-state index in [0.29, 0.717) is 5.65 Å². The maximum absolute atomic E-state index is 4.62. The van der Waals surface area contributed by atoms with Gasteiger partial charge in [-0.2, -0.15) is 0 Å². The fourth-order valence-electron chi connectivity index (χ4n) is 3.42. The largest absolute Gasteiger partial charge is 0.316 e. The zero-order valence-electron chi connectivity index (χ0n) is 18.0. The molecule has 0 amide bonds. The third kappa shape index (κ3) is 5.15. The first-order valence-corrected chi connectivity index (χ1v) is 10.5. The molecule has 3 aromatic heterocycles. The molecule has 0 saturated carbocycles. The second kappa shape index (κ2) is 11.2. The van der Waals surface area contributed by atoms with E-state index in [1.807, 2.05) is 102 Å². The Morgan fingerprint density at radius 3 is 1.94 bits per heavy atom. The minimum absolute atomic E-state index is 0. The van der Waals surface area contributed by atoms with Crippen LogP contribution in [0.1, 0.15) is 0 Å². The summed E-state index contributed by atoms with van der Waals surface area (Å²) in [6.07, 6.45) is 5.13. The summed E-state index contributed by atoms with van der Waals surface area (Å²) < 4.78 is 2.01. The van der Waals surface area contributed by atoms with Crippen molar-refractivity contribution in [3.8, 4) is 28.3 Å². The third-order valence-corrected chi connectivity index (χ3v) is 4.91. The molecule has 0 aliphatic rings. The summed E-state index contributed by atoms with van der Waals surface area (Å²) in [5.74, 6) is 0.794. The monoisotopic (exact) mass is 618 g/mol. The second-order valence-corrected chi connectivity index (χ2v) is 7.08. The van der Waals surface area contributed by atoms with Gasteiger partial charge < -0.3 is 9.55 Å². The Balaban J connectivity index is 0.000000180. The molecule has 5 nitrogen and oxygen atoms in total. The number of hydrogen-bond acceptors (Lipinski definition) is 4. The number of aromatic nitrogens is 5. The second-order valence-electron chi connectivity index (χ2n) is 7.08. The molecule has 3 aromatic carbocycles. The van der Waals surface area contributed by atoms with Gasteiger partial charge in [0, 0.05) is 44.4 Å². The van der Waals surface area contributed by atoms with E-state index in [1.54, 1.807) is 18.6 Å². The van der Waals surface area contributed by atoms with E-state index < -0.39 is 0 Å². The van der Waals surface area contributed by atoms with Crippen molar-refractivity contribution in [3.63, 3.8) is 0 Å². The molecule has 0 aliphatic heterocycles. The summed E-state index contributed by atoms with van der Waals surface area (Å²) in [7, 11) is 0. The molecule has 34 heavy (non-hydrogen) atoms. The van der Waals surface area contributed by atoms with Gasteiger partial charge in [-0.3, -0.25) is 4.98 Å². The van der Waals surface area contributed by atoms with Gasteiger partial charge in [-0.25, -0.2) is 9.97 Å². The van der Waals surface area contributed by atoms with Crippen molar-refractivity contribution in [2.45, 2.75) is 0 Å². The van der Waals surface area contributed by atoms with Crippen LogP contribution in [0.2, 0.25) is 0 Å². The van der Waals surface area contributed by atoms with Crippen LogP contribution in [0, 0.1) is 12.1 Å². The van der Waals surface area contributed by atoms with Gasteiger partial charge in [0.1, 0.15) is 0 Å². The van der Waals surface area contributed by atoms with E-state index in [9.17, 15) is 0 Å². The van der Waals surface area contributed by atoms with Crippen LogP contribution < -0.4 is 0 Å². The smallest absolute Gasteiger partial charge is 0.188 e. The van der Waals surface area contributed by atoms with Crippen LogP contribution in [0.25, 0.3) is 39.6 Å². The molecular formula is C28H19IrN5-2. The Hall–Kier alpha value is -3.99. The standard InChI is InChI=1S/C17H11N4.C11H8N.Ir/c1-3-7-13(8-4-1)16-20-15-17(19-12-11-18-15)21(16)14-9-5-2-6-10-14;1-2-6-10(7-3-1)11-8-4-5-9-12-11;/h1-7,9-12H;1-6,8-9H;/q2*-1;. The van der Waals surface area contributed by atoms with Gasteiger partial charge in [0.15, 0.2) is 11.3 Å². The van der Waals surface area contributed by atoms with Crippen LogP contribution in [-0.4, -0.2) is 24.5 Å². The van der Waals surface area contributed by atoms with Crippen molar-refractivity contribution < 1.29 is 20.1 Å². The number of para-hydroxylation sites is 1. The van der Waals surface area contributed by atoms with Crippen LogP contribution in [0.4, 0.5) is 0 Å². The van der Waals surface area contributed by atoms with Crippen LogP contribution in [0.15, 0.2) is 116 Å². The molecule has 6 aromatic rings. The summed E-state index contributed by atoms with van der Waals surface area (Å²) in [5.41, 5.74) is 5.31. The van der Waals surface area contributed by atoms with Gasteiger partial charge in [-0.15, -0.1) is 71.8 Å². The van der Waals surface area contributed by atoms with E-state index in [-0.39, 0.29) is 20.1 Å². The van der Waals surface area contributed by atoms with Crippen LogP contribution in [-0.2, 0) is 20.1 Å². The van der Waals surface area contributed by atoms with Crippen molar-refractivity contribution in [2.75, 3.05) is 0 Å². The predicted molar refractivity (Wildman–Crippen MR) is 129 cm³/mol. The molecule has 0 atom stereocenters. The topological polar surface area (TPSA) is 56.5 Å². The summed E-state index contributed by atoms with van der Waals surface area (Å²) in [4.78, 5) is 17.6. The van der Waals surface area contributed by atoms with Crippen LogP contribution in [0.5, 0.6) is 0 Å². The van der Waals surface area contributed by atoms with E-state index in [1.165, 1.54) is 0 Å². The van der Waals surface area contributed by atoms with Gasteiger partial charge in [-0.1, -0.05) is 30.3 Å². The molecule has 0 aliphatic carbocycles. The van der Waals surface area contributed by atoms with Gasteiger partial charge in [0.05, 0.1) is 5.82 Å². The number of hydrogen-bond donors (Lipinski definition) is 0. The van der Waals surface area contributed by atoms with Crippen molar-refractivity contribution in [1.82, 2.24) is 24.5 Å². The number of nitrogens with zero attached hydrogens (tertiary/aromatic N) is 5. The molecule has 0 unspecified atom stereocenters. The minimum Gasteiger partial charge on any atom is -0.316 e. The Bertz CT molecular complexity index is 1400. The summed E-state index contributed by atoms with van der Waals surface area (Å²) >= 11 is 0. The molecular weight excluding hydrogens is 599 g/mol. The van der Waals surface area contributed by atoms with Gasteiger partial charge in [0.25, 0.3) is 0 Å². The minimum atomic E-state index is 0. The molecule has 6 rings (SSSR count). The zero-order chi connectivity index (χ0) is 22.3. The van der Waals surface area contributed by atoms with Gasteiger partial charge in [0.2, 0.25) is 0 Å². The maximum Gasteiger partial charge on any atom is 0.188 e. The van der Waals surface area contributed by atoms with E-state index in [0.717, 1.165) is 34.0 Å². The summed E-state index contributed by atoms with van der Waals surface area (Å²) in [6.45, 7) is 0. The van der Waals surface area contributed by atoms with Crippen LogP contribution in [0.3, 0.4) is 0 Å². The normalized spacial score (nSPS) is 10.1. The molecule has 0 spiro atoms. The number of pyridine rings is 1. The van der Waals surface area contributed by atoms with E-state index in [2.05, 4.69) is 32.1 Å². The molecule has 0 saturated heterocycles. The maximum atomic E-state index is 4.62. The molecule has 0 bridgehead atoms. The van der Waals surface area contributed by atoms with Crippen molar-refractivity contribution in [3.05, 3.63) is 128 Å². The SMILES string of the molecule is [Ir].[c-]1ccccc1-c1ccccn1.[c-]1ccccc1-c1nc2nccnc2n1-c1ccccc1. The fourth-order valence-corrected chi connectivity index (χ4v) is 3.42. The molecule has 1 radical (unpaired) electrons. The van der Waals surface area contributed by atoms with Gasteiger partial charge >= 0.3 is 0 Å². The van der Waals surface area contributed by atoms with E-state index in [4.69, 9.17) is 0 Å². The first-order chi connectivity index (χ1) is 16.4. The molecule has 0 N–H and O–H groups in total. The molecule has 3 heterocycles. The fraction of sp³-hybridized carbons (Fsp3) is 0. The molecule has 167 valence electrons. The number of fused-ring (bicyclic) bond motifs is 1. The first-order valence-electron chi connectivity index (χ1n) is 10.5. The van der Waals surface area contributed by atoms with E-state index >= 15 is 0 Å². The van der Waals surface area contributed by atoms with Crippen LogP contribution >= 0.6 is 0 Å². The number of benzene rings is 3. The summed E-state index contributed by atoms with van der Waals surface area (Å²) in [5, 5.41) is 0. The number of imidazole rings is 1. The molecule has 0 fully saturated rings. The zero-order valence-corrected chi connectivity index (χ0v) is 20.4. The van der Waals surface area contributed by atoms with Crippen molar-refractivity contribution >= 4 is 11.3 Å². The summed E-state index contributed by atoms with van der Waals surface area (Å²) in [6, 6.07) is 37.9.